The number of ether oxygens (including phenoxy) is 1. The van der Waals surface area contributed by atoms with Crippen LogP contribution in [0.15, 0.2) is 42.5 Å². The number of aromatic hydroxyl groups is 1. The van der Waals surface area contributed by atoms with Crippen LogP contribution in [0.4, 0.5) is 0 Å². The van der Waals surface area contributed by atoms with E-state index < -0.39 is 41.8 Å². The second-order valence-electron chi connectivity index (χ2n) is 12.9. The van der Waals surface area contributed by atoms with Gasteiger partial charge < -0.3 is 45.6 Å². The number of aliphatic hydroxyl groups is 2. The number of aliphatic carboxylic acids is 3. The lowest BCUT2D eigenvalue weighted by Gasteiger charge is -2.40. The van der Waals surface area contributed by atoms with Crippen molar-refractivity contribution in [2.75, 3.05) is 32.8 Å². The van der Waals surface area contributed by atoms with Crippen LogP contribution in [-0.4, -0.2) is 97.7 Å². The van der Waals surface area contributed by atoms with E-state index in [0.717, 1.165) is 31.5 Å². The number of fused-ring (bicyclic) bond motifs is 2. The van der Waals surface area contributed by atoms with Crippen molar-refractivity contribution >= 4 is 35.4 Å². The van der Waals surface area contributed by atoms with Gasteiger partial charge in [-0.15, -0.1) is 0 Å². The standard InChI is InChI=1S/C27H35ClN2O4.C6H8O7/c1-26(2,18-31)17-29-25(33)21(13-20-14-22(32)7-8-24(20)28)15-30-11-9-27(10-12-30)23-6-4-3-5-19(23)16-34-27;7-3(8)1-6(13,5(11)12)2-4(9)10/h3-8,14,21,31-32H,9-13,15-18H2,1-2H3,(H,29,33);13H,1-2H2,(H,7,8)(H,9,10)(H,11,12). The van der Waals surface area contributed by atoms with Crippen molar-refractivity contribution in [1.29, 1.82) is 0 Å². The van der Waals surface area contributed by atoms with Crippen molar-refractivity contribution in [3.8, 4) is 5.75 Å². The number of carboxylic acid groups (broad SMARTS) is 3. The van der Waals surface area contributed by atoms with E-state index in [-0.39, 0.29) is 29.8 Å². The number of phenols is 1. The normalized spacial score (nSPS) is 16.4. The summed E-state index contributed by atoms with van der Waals surface area (Å²) in [7, 11) is 0. The highest BCUT2D eigenvalue weighted by Gasteiger charge is 2.43. The number of benzene rings is 2. The average molecular weight is 679 g/mol. The number of nitrogens with one attached hydrogen (secondary N) is 1. The Morgan fingerprint density at radius 3 is 2.21 bits per heavy atom. The minimum Gasteiger partial charge on any atom is -0.508 e. The van der Waals surface area contributed by atoms with E-state index in [0.29, 0.717) is 31.1 Å². The molecule has 0 aromatic heterocycles. The molecule has 1 fully saturated rings. The highest BCUT2D eigenvalue weighted by molar-refractivity contribution is 6.31. The molecule has 2 aromatic rings. The summed E-state index contributed by atoms with van der Waals surface area (Å²) in [5.41, 5.74) is -0.0137. The van der Waals surface area contributed by atoms with Crippen molar-refractivity contribution in [1.82, 2.24) is 10.2 Å². The van der Waals surface area contributed by atoms with Gasteiger partial charge in [0.2, 0.25) is 5.91 Å². The second kappa shape index (κ2) is 15.9. The van der Waals surface area contributed by atoms with E-state index in [1.807, 2.05) is 13.8 Å². The van der Waals surface area contributed by atoms with Crippen LogP contribution in [0, 0.1) is 11.3 Å². The number of likely N-dealkylation sites (tertiary alicyclic amines) is 1. The fraction of sp³-hybridized carbons (Fsp3) is 0.515. The number of aliphatic hydroxyl groups excluding tert-OH is 1. The summed E-state index contributed by atoms with van der Waals surface area (Å²) in [6.45, 7) is 7.15. The van der Waals surface area contributed by atoms with Gasteiger partial charge in [-0.05, 0) is 54.2 Å². The molecule has 0 saturated carbocycles. The Labute approximate surface area is 277 Å². The molecule has 14 heteroatoms. The highest BCUT2D eigenvalue weighted by Crippen LogP contribution is 2.44. The highest BCUT2D eigenvalue weighted by atomic mass is 35.5. The first-order chi connectivity index (χ1) is 22.0. The summed E-state index contributed by atoms with van der Waals surface area (Å²) in [5, 5.41) is 56.9. The number of phenolic OH excluding ortho intramolecular Hbond substituents is 1. The molecule has 0 bridgehead atoms. The van der Waals surface area contributed by atoms with Gasteiger partial charge in [0, 0.05) is 43.2 Å². The molecule has 1 saturated heterocycles. The maximum absolute atomic E-state index is 13.2. The molecule has 0 aliphatic carbocycles. The maximum atomic E-state index is 13.2. The number of carbonyl (C=O) groups is 4. The van der Waals surface area contributed by atoms with Gasteiger partial charge in [0.25, 0.3) is 0 Å². The lowest BCUT2D eigenvalue weighted by Crippen LogP contribution is -2.48. The van der Waals surface area contributed by atoms with Crippen molar-refractivity contribution in [2.24, 2.45) is 11.3 Å². The monoisotopic (exact) mass is 678 g/mol. The van der Waals surface area contributed by atoms with Gasteiger partial charge in [0.15, 0.2) is 5.60 Å². The smallest absolute Gasteiger partial charge is 0.336 e. The molecule has 1 unspecified atom stereocenters. The molecule has 1 spiro atoms. The van der Waals surface area contributed by atoms with Gasteiger partial charge in [-0.3, -0.25) is 14.4 Å². The maximum Gasteiger partial charge on any atom is 0.336 e. The Kier molecular flexibility index (Phi) is 12.8. The minimum atomic E-state index is -2.74. The molecule has 2 aliphatic heterocycles. The number of hydrogen-bond donors (Lipinski definition) is 7. The van der Waals surface area contributed by atoms with Crippen molar-refractivity contribution in [3.63, 3.8) is 0 Å². The van der Waals surface area contributed by atoms with Gasteiger partial charge in [0.1, 0.15) is 5.75 Å². The van der Waals surface area contributed by atoms with Crippen LogP contribution in [0.1, 0.15) is 56.2 Å². The second-order valence-corrected chi connectivity index (χ2v) is 13.3. The van der Waals surface area contributed by atoms with Crippen LogP contribution < -0.4 is 5.32 Å². The van der Waals surface area contributed by atoms with Gasteiger partial charge >= 0.3 is 17.9 Å². The molecule has 4 rings (SSSR count). The number of halogens is 1. The molecule has 13 nitrogen and oxygen atoms in total. The van der Waals surface area contributed by atoms with Crippen LogP contribution in [-0.2, 0) is 42.5 Å². The Morgan fingerprint density at radius 1 is 1.02 bits per heavy atom. The summed E-state index contributed by atoms with van der Waals surface area (Å²) in [5.74, 6) is -5.28. The number of carboxylic acids is 3. The first-order valence-electron chi connectivity index (χ1n) is 15.2. The molecule has 258 valence electrons. The Bertz CT molecular complexity index is 1420. The lowest BCUT2D eigenvalue weighted by atomic mass is 9.83. The Hall–Kier alpha value is -3.75. The van der Waals surface area contributed by atoms with Gasteiger partial charge in [-0.2, -0.15) is 0 Å². The third kappa shape index (κ3) is 10.4. The summed E-state index contributed by atoms with van der Waals surface area (Å²) >= 11 is 6.38. The predicted molar refractivity (Wildman–Crippen MR) is 170 cm³/mol. The first-order valence-corrected chi connectivity index (χ1v) is 15.6. The summed E-state index contributed by atoms with van der Waals surface area (Å²) < 4.78 is 6.29. The molecule has 0 radical (unpaired) electrons. The third-order valence-corrected chi connectivity index (χ3v) is 8.84. The van der Waals surface area contributed by atoms with Gasteiger partial charge in [0.05, 0.1) is 31.0 Å². The number of hydrogen-bond acceptors (Lipinski definition) is 9. The fourth-order valence-corrected chi connectivity index (χ4v) is 5.87. The molecule has 2 heterocycles. The zero-order valence-electron chi connectivity index (χ0n) is 26.4. The number of amides is 1. The Morgan fingerprint density at radius 2 is 1.64 bits per heavy atom. The molecule has 7 N–H and O–H groups in total. The van der Waals surface area contributed by atoms with Crippen molar-refractivity contribution in [2.45, 2.75) is 63.8 Å². The molecular weight excluding hydrogens is 636 g/mol. The molecule has 2 aromatic carbocycles. The molecule has 47 heavy (non-hydrogen) atoms. The minimum absolute atomic E-state index is 0.00792. The first kappa shape index (κ1) is 37.7. The zero-order chi connectivity index (χ0) is 35.0. The summed E-state index contributed by atoms with van der Waals surface area (Å²) in [6.07, 6.45) is -0.0750. The van der Waals surface area contributed by atoms with E-state index in [1.165, 1.54) is 11.1 Å². The summed E-state index contributed by atoms with van der Waals surface area (Å²) in [4.78, 5) is 46.1. The molecular formula is C33H43ClN2O11. The number of nitrogens with zero attached hydrogens (tertiary/aromatic N) is 1. The third-order valence-electron chi connectivity index (χ3n) is 8.48. The molecule has 2 aliphatic rings. The fourth-order valence-electron chi connectivity index (χ4n) is 5.67. The van der Waals surface area contributed by atoms with E-state index >= 15 is 0 Å². The summed E-state index contributed by atoms with van der Waals surface area (Å²) in [6, 6.07) is 13.3. The van der Waals surface area contributed by atoms with E-state index in [9.17, 15) is 29.4 Å². The van der Waals surface area contributed by atoms with Crippen LogP contribution in [0.3, 0.4) is 0 Å². The van der Waals surface area contributed by atoms with E-state index in [1.54, 1.807) is 18.2 Å². The average Bonchev–Trinajstić information content (AvgIpc) is 3.36. The SMILES string of the molecule is CC(C)(CO)CNC(=O)C(Cc1cc(O)ccc1Cl)CN1CCC2(CC1)OCc1ccccc12.O=C(O)CC(O)(CC(=O)O)C(=O)O. The topological polar surface area (TPSA) is 214 Å². The van der Waals surface area contributed by atoms with E-state index in [4.69, 9.17) is 36.8 Å². The zero-order valence-corrected chi connectivity index (χ0v) is 27.2. The molecule has 1 atom stereocenters. The number of carbonyl (C=O) groups excluding carboxylic acids is 1. The van der Waals surface area contributed by atoms with Crippen molar-refractivity contribution in [3.05, 3.63) is 64.2 Å². The quantitative estimate of drug-likeness (QED) is 0.163. The predicted octanol–water partition coefficient (Wildman–Crippen LogP) is 2.61. The lowest BCUT2D eigenvalue weighted by molar-refractivity contribution is -0.170. The van der Waals surface area contributed by atoms with Crippen LogP contribution in [0.5, 0.6) is 5.75 Å². The van der Waals surface area contributed by atoms with E-state index in [2.05, 4.69) is 34.5 Å². The van der Waals surface area contributed by atoms with Crippen molar-refractivity contribution < 1.29 is 54.6 Å². The largest absolute Gasteiger partial charge is 0.508 e. The van der Waals surface area contributed by atoms with Gasteiger partial charge in [-0.25, -0.2) is 4.79 Å². The molecule has 1 amide bonds. The van der Waals surface area contributed by atoms with Crippen LogP contribution in [0.2, 0.25) is 5.02 Å². The number of piperidine rings is 1. The van der Waals surface area contributed by atoms with Crippen LogP contribution >= 0.6 is 11.6 Å². The van der Waals surface area contributed by atoms with Crippen LogP contribution in [0.25, 0.3) is 0 Å². The Balaban J connectivity index is 0.000000392. The van der Waals surface area contributed by atoms with Gasteiger partial charge in [-0.1, -0.05) is 49.7 Å². The number of rotatable bonds is 13.